The molecule has 2 heterocycles. The predicted molar refractivity (Wildman–Crippen MR) is 181 cm³/mol. The van der Waals surface area contributed by atoms with Gasteiger partial charge >= 0.3 is 0 Å². The normalized spacial score (nSPS) is 17.0. The summed E-state index contributed by atoms with van der Waals surface area (Å²) in [6.45, 7) is 14.5. The minimum Gasteiger partial charge on any atom is -0.454 e. The molecule has 0 atom stereocenters. The molecular weight excluding hydrogens is 578 g/mol. The molecule has 2 nitrogen and oxygen atoms in total. The Labute approximate surface area is 255 Å². The van der Waals surface area contributed by atoms with E-state index in [9.17, 15) is 0 Å². The Morgan fingerprint density at radius 1 is 0.595 bits per heavy atom. The van der Waals surface area contributed by atoms with Crippen molar-refractivity contribution in [3.8, 4) is 16.8 Å². The molecule has 0 amide bonds. The third kappa shape index (κ3) is 3.15. The number of fused-ring (bicyclic) bond motifs is 7. The lowest BCUT2D eigenvalue weighted by molar-refractivity contribution is 0.125. The molecule has 3 heteroatoms. The fraction of sp³-hybridized carbons (Fsp3) is 0.231. The van der Waals surface area contributed by atoms with Crippen LogP contribution in [0.2, 0.25) is 0 Å². The highest BCUT2D eigenvalue weighted by molar-refractivity contribution is 9.10. The third-order valence-electron chi connectivity index (χ3n) is 11.2. The average molecular weight is 613 g/mol. The van der Waals surface area contributed by atoms with Gasteiger partial charge in [0.2, 0.25) is 0 Å². The first-order valence-electron chi connectivity index (χ1n) is 14.8. The lowest BCUT2D eigenvalue weighted by Gasteiger charge is -2.44. The summed E-state index contributed by atoms with van der Waals surface area (Å²) in [4.78, 5) is 0. The molecule has 0 unspecified atom stereocenters. The summed E-state index contributed by atoms with van der Waals surface area (Å²) in [5.41, 5.74) is 10.9. The molecule has 0 N–H and O–H groups in total. The zero-order valence-corrected chi connectivity index (χ0v) is 26.6. The molecule has 0 radical (unpaired) electrons. The van der Waals surface area contributed by atoms with Crippen LogP contribution in [0.25, 0.3) is 60.6 Å². The molecule has 0 saturated heterocycles. The Kier molecular flexibility index (Phi) is 5.16. The monoisotopic (exact) mass is 611 g/mol. The van der Waals surface area contributed by atoms with Gasteiger partial charge in [-0.2, -0.15) is 0 Å². The number of aromatic nitrogens is 1. The van der Waals surface area contributed by atoms with Crippen LogP contribution >= 0.6 is 15.9 Å². The average Bonchev–Trinajstić information content (AvgIpc) is 3.54. The molecule has 0 bridgehead atoms. The van der Waals surface area contributed by atoms with E-state index in [0.29, 0.717) is 0 Å². The van der Waals surface area contributed by atoms with Gasteiger partial charge in [-0.25, -0.2) is 0 Å². The molecule has 8 rings (SSSR count). The van der Waals surface area contributed by atoms with E-state index in [1.54, 1.807) is 0 Å². The summed E-state index contributed by atoms with van der Waals surface area (Å²) in [6.07, 6.45) is 0. The fourth-order valence-corrected chi connectivity index (χ4v) is 8.16. The maximum absolute atomic E-state index is 6.48. The Hall–Kier alpha value is -3.82. The van der Waals surface area contributed by atoms with Crippen molar-refractivity contribution in [2.75, 3.05) is 0 Å². The summed E-state index contributed by atoms with van der Waals surface area (Å²) in [6, 6.07) is 35.3. The van der Waals surface area contributed by atoms with E-state index >= 15 is 0 Å². The van der Waals surface area contributed by atoms with Crippen molar-refractivity contribution < 1.29 is 4.42 Å². The van der Waals surface area contributed by atoms with Gasteiger partial charge in [0.1, 0.15) is 5.58 Å². The number of benzene rings is 5. The molecule has 208 valence electrons. The Balaban J connectivity index is 1.38. The molecule has 1 aliphatic rings. The first kappa shape index (κ1) is 25.9. The van der Waals surface area contributed by atoms with Crippen molar-refractivity contribution in [2.24, 2.45) is 5.41 Å². The van der Waals surface area contributed by atoms with Crippen LogP contribution in [0.4, 0.5) is 0 Å². The number of furan rings is 1. The fourth-order valence-electron chi connectivity index (χ4n) is 7.59. The minimum atomic E-state index is 0.0483. The van der Waals surface area contributed by atoms with Crippen molar-refractivity contribution in [1.82, 2.24) is 4.57 Å². The Bertz CT molecular complexity index is 2240. The topological polar surface area (TPSA) is 18.1 Å². The van der Waals surface area contributed by atoms with Crippen LogP contribution in [0, 0.1) is 5.41 Å². The largest absolute Gasteiger partial charge is 0.454 e. The molecule has 0 spiro atoms. The predicted octanol–water partition coefficient (Wildman–Crippen LogP) is 11.7. The van der Waals surface area contributed by atoms with Crippen LogP contribution in [0.3, 0.4) is 0 Å². The van der Waals surface area contributed by atoms with Gasteiger partial charge in [0, 0.05) is 26.0 Å². The van der Waals surface area contributed by atoms with E-state index in [4.69, 9.17) is 4.42 Å². The zero-order valence-electron chi connectivity index (χ0n) is 25.0. The Morgan fingerprint density at radius 2 is 1.24 bits per heavy atom. The van der Waals surface area contributed by atoms with E-state index in [2.05, 4.69) is 153 Å². The van der Waals surface area contributed by atoms with Crippen molar-refractivity contribution in [3.05, 3.63) is 113 Å². The van der Waals surface area contributed by atoms with Crippen LogP contribution in [0.5, 0.6) is 0 Å². The van der Waals surface area contributed by atoms with Crippen LogP contribution in [-0.2, 0) is 10.8 Å². The standard InChI is InChI=1S/C39H34BrNO/c1-37(2)29-21-27(31(40)22-30(29)38(3,4)39(37,5)6)23-18-19-33-28(20-23)24-12-7-9-15-32(24)41(33)34-16-11-14-26-25-13-8-10-17-35(25)42-36(26)34/h7-22H,1-6H3. The van der Waals surface area contributed by atoms with E-state index in [0.717, 1.165) is 32.1 Å². The molecule has 0 aliphatic heterocycles. The van der Waals surface area contributed by atoms with Crippen LogP contribution in [0.1, 0.15) is 52.7 Å². The van der Waals surface area contributed by atoms with Crippen molar-refractivity contribution in [3.63, 3.8) is 0 Å². The smallest absolute Gasteiger partial charge is 0.159 e. The molecule has 42 heavy (non-hydrogen) atoms. The summed E-state index contributed by atoms with van der Waals surface area (Å²) in [5, 5.41) is 4.76. The number of hydrogen-bond acceptors (Lipinski definition) is 1. The number of hydrogen-bond donors (Lipinski definition) is 0. The second-order valence-electron chi connectivity index (χ2n) is 13.6. The zero-order chi connectivity index (χ0) is 29.2. The summed E-state index contributed by atoms with van der Waals surface area (Å²) in [5.74, 6) is 0. The van der Waals surface area contributed by atoms with Crippen molar-refractivity contribution in [2.45, 2.75) is 52.4 Å². The molecule has 7 aromatic rings. The highest BCUT2D eigenvalue weighted by Gasteiger charge is 2.56. The van der Waals surface area contributed by atoms with Gasteiger partial charge in [0.05, 0.1) is 16.7 Å². The molecule has 0 fully saturated rings. The second kappa shape index (κ2) is 8.39. The van der Waals surface area contributed by atoms with Crippen LogP contribution in [0.15, 0.2) is 106 Å². The quantitative estimate of drug-likeness (QED) is 0.190. The number of nitrogens with zero attached hydrogens (tertiary/aromatic N) is 1. The van der Waals surface area contributed by atoms with Gasteiger partial charge in [-0.1, -0.05) is 112 Å². The molecule has 1 aliphatic carbocycles. The third-order valence-corrected chi connectivity index (χ3v) is 11.8. The van der Waals surface area contributed by atoms with Gasteiger partial charge in [0.15, 0.2) is 5.58 Å². The first-order chi connectivity index (χ1) is 20.0. The Morgan fingerprint density at radius 3 is 2.02 bits per heavy atom. The molecular formula is C39H34BrNO. The highest BCUT2D eigenvalue weighted by atomic mass is 79.9. The van der Waals surface area contributed by atoms with E-state index in [1.807, 2.05) is 6.07 Å². The second-order valence-corrected chi connectivity index (χ2v) is 14.4. The summed E-state index contributed by atoms with van der Waals surface area (Å²) in [7, 11) is 0. The van der Waals surface area contributed by atoms with E-state index in [1.165, 1.54) is 44.1 Å². The van der Waals surface area contributed by atoms with Gasteiger partial charge < -0.3 is 8.98 Å². The van der Waals surface area contributed by atoms with Crippen LogP contribution < -0.4 is 0 Å². The SMILES string of the molecule is CC1(C)c2cc(Br)c(-c3ccc4c(c3)c3ccccc3n4-c3cccc4c3oc3ccccc34)cc2C(C)(C)C1(C)C. The molecule has 2 aromatic heterocycles. The highest BCUT2D eigenvalue weighted by Crippen LogP contribution is 2.62. The number of halogens is 1. The molecule has 0 saturated carbocycles. The van der Waals surface area contributed by atoms with Gasteiger partial charge in [-0.3, -0.25) is 0 Å². The summed E-state index contributed by atoms with van der Waals surface area (Å²) >= 11 is 4.00. The maximum Gasteiger partial charge on any atom is 0.159 e. The first-order valence-corrected chi connectivity index (χ1v) is 15.6. The van der Waals surface area contributed by atoms with Gasteiger partial charge in [-0.05, 0) is 81.0 Å². The van der Waals surface area contributed by atoms with Crippen LogP contribution in [-0.4, -0.2) is 4.57 Å². The van der Waals surface area contributed by atoms with E-state index < -0.39 is 0 Å². The van der Waals surface area contributed by atoms with Gasteiger partial charge in [-0.15, -0.1) is 0 Å². The van der Waals surface area contributed by atoms with Crippen molar-refractivity contribution >= 4 is 59.7 Å². The summed E-state index contributed by atoms with van der Waals surface area (Å²) < 4.78 is 10.00. The maximum atomic E-state index is 6.48. The van der Waals surface area contributed by atoms with E-state index in [-0.39, 0.29) is 16.2 Å². The number of para-hydroxylation sites is 3. The molecule has 5 aromatic carbocycles. The lowest BCUT2D eigenvalue weighted by atomic mass is 9.59. The minimum absolute atomic E-state index is 0.0483. The lowest BCUT2D eigenvalue weighted by Crippen LogP contribution is -2.42. The van der Waals surface area contributed by atoms with Gasteiger partial charge in [0.25, 0.3) is 0 Å². The number of rotatable bonds is 2. The van der Waals surface area contributed by atoms with Crippen molar-refractivity contribution in [1.29, 1.82) is 0 Å².